The van der Waals surface area contributed by atoms with Crippen LogP contribution < -0.4 is 0 Å². The number of hydrogen-bond donors (Lipinski definition) is 0. The second-order valence-electron chi connectivity index (χ2n) is 3.88. The standard InChI is InChI=1S/C8H10O6/c1-3-5-7(11-5)14-8(12-3)9-2-4-6(10-4)13-8/h3-7H,2H2,1H3. The zero-order valence-electron chi connectivity index (χ0n) is 7.54. The van der Waals surface area contributed by atoms with E-state index in [2.05, 4.69) is 0 Å². The van der Waals surface area contributed by atoms with E-state index in [0.717, 1.165) is 0 Å². The Morgan fingerprint density at radius 3 is 2.71 bits per heavy atom. The Labute approximate surface area is 80.0 Å². The molecule has 4 rings (SSSR count). The lowest BCUT2D eigenvalue weighted by molar-refractivity contribution is -0.535. The van der Waals surface area contributed by atoms with E-state index >= 15 is 0 Å². The first-order chi connectivity index (χ1) is 6.76. The minimum absolute atomic E-state index is 0.0191. The third-order valence-electron chi connectivity index (χ3n) is 2.76. The lowest BCUT2D eigenvalue weighted by Gasteiger charge is -2.36. The molecule has 0 N–H and O–H groups in total. The van der Waals surface area contributed by atoms with Crippen molar-refractivity contribution >= 4 is 0 Å². The predicted octanol–water partition coefficient (Wildman–Crippen LogP) is -0.470. The van der Waals surface area contributed by atoms with Crippen LogP contribution in [0, 0.1) is 0 Å². The molecule has 14 heavy (non-hydrogen) atoms. The second kappa shape index (κ2) is 2.29. The second-order valence-corrected chi connectivity index (χ2v) is 3.88. The van der Waals surface area contributed by atoms with Gasteiger partial charge in [-0.25, -0.2) is 0 Å². The largest absolute Gasteiger partial charge is 0.417 e. The van der Waals surface area contributed by atoms with E-state index in [9.17, 15) is 0 Å². The minimum Gasteiger partial charge on any atom is -0.339 e. The van der Waals surface area contributed by atoms with Gasteiger partial charge in [-0.3, -0.25) is 14.2 Å². The quantitative estimate of drug-likeness (QED) is 0.495. The first-order valence-electron chi connectivity index (χ1n) is 4.74. The molecular weight excluding hydrogens is 192 g/mol. The molecule has 4 saturated heterocycles. The summed E-state index contributed by atoms with van der Waals surface area (Å²) in [5, 5.41) is 0. The molecule has 4 fully saturated rings. The van der Waals surface area contributed by atoms with Crippen LogP contribution in [0.15, 0.2) is 0 Å². The van der Waals surface area contributed by atoms with Crippen molar-refractivity contribution in [3.63, 3.8) is 0 Å². The van der Waals surface area contributed by atoms with Gasteiger partial charge in [-0.15, -0.1) is 0 Å². The summed E-state index contributed by atoms with van der Waals surface area (Å²) in [5.74, 6) is 0. The molecule has 0 amide bonds. The van der Waals surface area contributed by atoms with Gasteiger partial charge in [-0.2, -0.15) is 0 Å². The van der Waals surface area contributed by atoms with Crippen LogP contribution in [0.3, 0.4) is 0 Å². The number of hydrogen-bond acceptors (Lipinski definition) is 6. The average Bonchev–Trinajstić information content (AvgIpc) is 2.96. The van der Waals surface area contributed by atoms with Crippen molar-refractivity contribution in [2.24, 2.45) is 0 Å². The maximum atomic E-state index is 5.49. The Morgan fingerprint density at radius 1 is 1.07 bits per heavy atom. The Hall–Kier alpha value is -0.240. The molecule has 6 nitrogen and oxygen atoms in total. The Balaban J connectivity index is 1.57. The molecule has 4 aliphatic heterocycles. The molecule has 0 aliphatic carbocycles. The molecular formula is C8H10O6. The van der Waals surface area contributed by atoms with Crippen molar-refractivity contribution in [3.05, 3.63) is 0 Å². The highest BCUT2D eigenvalue weighted by Gasteiger charge is 2.64. The molecule has 4 heterocycles. The zero-order chi connectivity index (χ0) is 9.34. The molecule has 0 aromatic carbocycles. The molecule has 78 valence electrons. The highest BCUT2D eigenvalue weighted by Crippen LogP contribution is 2.45. The topological polar surface area (TPSA) is 62.0 Å². The Morgan fingerprint density at radius 2 is 1.93 bits per heavy atom. The minimum atomic E-state index is -1.39. The van der Waals surface area contributed by atoms with Crippen LogP contribution >= 0.6 is 0 Å². The summed E-state index contributed by atoms with van der Waals surface area (Å²) in [6.45, 7) is 2.34. The number of rotatable bonds is 0. The summed E-state index contributed by atoms with van der Waals surface area (Å²) in [7, 11) is 0. The molecule has 0 bridgehead atoms. The lowest BCUT2D eigenvalue weighted by atomic mass is 10.3. The third-order valence-corrected chi connectivity index (χ3v) is 2.76. The van der Waals surface area contributed by atoms with E-state index < -0.39 is 6.16 Å². The smallest absolute Gasteiger partial charge is 0.339 e. The number of ether oxygens (including phenoxy) is 6. The summed E-state index contributed by atoms with van der Waals surface area (Å²) in [6, 6.07) is 0. The maximum Gasteiger partial charge on any atom is 0.417 e. The van der Waals surface area contributed by atoms with Gasteiger partial charge in [0.2, 0.25) is 0 Å². The summed E-state index contributed by atoms with van der Waals surface area (Å²) < 4.78 is 32.0. The van der Waals surface area contributed by atoms with E-state index in [1.54, 1.807) is 0 Å². The van der Waals surface area contributed by atoms with E-state index in [0.29, 0.717) is 6.61 Å². The van der Waals surface area contributed by atoms with Crippen LogP contribution in [-0.4, -0.2) is 43.7 Å². The molecule has 0 aromatic heterocycles. The SMILES string of the molecule is CC1OC2(OCC3OC3O2)OC2OC12. The van der Waals surface area contributed by atoms with Crippen LogP contribution in [-0.2, 0) is 28.4 Å². The van der Waals surface area contributed by atoms with Crippen molar-refractivity contribution < 1.29 is 28.4 Å². The molecule has 4 aliphatic rings. The van der Waals surface area contributed by atoms with Gasteiger partial charge in [0, 0.05) is 0 Å². The summed E-state index contributed by atoms with van der Waals surface area (Å²) >= 11 is 0. The van der Waals surface area contributed by atoms with Gasteiger partial charge in [0.05, 0.1) is 12.7 Å². The Kier molecular flexibility index (Phi) is 1.30. The zero-order valence-corrected chi connectivity index (χ0v) is 7.54. The summed E-state index contributed by atoms with van der Waals surface area (Å²) in [4.78, 5) is 0. The third kappa shape index (κ3) is 1.01. The van der Waals surface area contributed by atoms with Crippen molar-refractivity contribution in [2.75, 3.05) is 6.61 Å². The first-order valence-corrected chi connectivity index (χ1v) is 4.74. The summed E-state index contributed by atoms with van der Waals surface area (Å²) in [6.07, 6.45) is -1.91. The van der Waals surface area contributed by atoms with Gasteiger partial charge < -0.3 is 14.2 Å². The fourth-order valence-electron chi connectivity index (χ4n) is 1.83. The van der Waals surface area contributed by atoms with Crippen LogP contribution in [0.25, 0.3) is 0 Å². The fourth-order valence-corrected chi connectivity index (χ4v) is 1.83. The normalized spacial score (nSPS) is 64.5. The van der Waals surface area contributed by atoms with Gasteiger partial charge in [0.1, 0.15) is 12.2 Å². The molecule has 1 spiro atoms. The molecule has 0 radical (unpaired) electrons. The number of fused-ring (bicyclic) bond motifs is 2. The number of epoxide rings is 2. The maximum absolute atomic E-state index is 5.49. The molecule has 6 atom stereocenters. The average molecular weight is 202 g/mol. The van der Waals surface area contributed by atoms with Crippen LogP contribution in [0.1, 0.15) is 6.92 Å². The molecule has 6 heteroatoms. The highest BCUT2D eigenvalue weighted by atomic mass is 17.1. The van der Waals surface area contributed by atoms with Crippen LogP contribution in [0.4, 0.5) is 0 Å². The van der Waals surface area contributed by atoms with Gasteiger partial charge in [0.15, 0.2) is 12.6 Å². The monoisotopic (exact) mass is 202 g/mol. The Bertz CT molecular complexity index is 279. The van der Waals surface area contributed by atoms with Crippen LogP contribution in [0.5, 0.6) is 0 Å². The summed E-state index contributed by atoms with van der Waals surface area (Å²) in [5.41, 5.74) is 0. The molecule has 6 unspecified atom stereocenters. The van der Waals surface area contributed by atoms with E-state index in [4.69, 9.17) is 28.4 Å². The van der Waals surface area contributed by atoms with Gasteiger partial charge >= 0.3 is 6.16 Å². The fraction of sp³-hybridized carbons (Fsp3) is 1.00. The van der Waals surface area contributed by atoms with Crippen molar-refractivity contribution in [2.45, 2.75) is 44.0 Å². The lowest BCUT2D eigenvalue weighted by Crippen LogP contribution is -2.53. The van der Waals surface area contributed by atoms with Gasteiger partial charge in [0.25, 0.3) is 0 Å². The van der Waals surface area contributed by atoms with E-state index in [1.807, 2.05) is 6.92 Å². The molecule has 0 aromatic rings. The van der Waals surface area contributed by atoms with E-state index in [-0.39, 0.29) is 30.9 Å². The van der Waals surface area contributed by atoms with E-state index in [1.165, 1.54) is 0 Å². The van der Waals surface area contributed by atoms with Gasteiger partial charge in [-0.1, -0.05) is 0 Å². The van der Waals surface area contributed by atoms with Crippen molar-refractivity contribution in [1.29, 1.82) is 0 Å². The van der Waals surface area contributed by atoms with Gasteiger partial charge in [-0.05, 0) is 6.92 Å². The first kappa shape index (κ1) is 7.98. The predicted molar refractivity (Wildman–Crippen MR) is 38.7 cm³/mol. The van der Waals surface area contributed by atoms with Crippen molar-refractivity contribution in [3.8, 4) is 0 Å². The van der Waals surface area contributed by atoms with Crippen molar-refractivity contribution in [1.82, 2.24) is 0 Å². The van der Waals surface area contributed by atoms with Crippen LogP contribution in [0.2, 0.25) is 0 Å². The highest BCUT2D eigenvalue weighted by molar-refractivity contribution is 4.90. The molecule has 0 saturated carbocycles.